The van der Waals surface area contributed by atoms with Crippen LogP contribution in [0.5, 0.6) is 0 Å². The van der Waals surface area contributed by atoms with Crippen molar-refractivity contribution in [2.75, 3.05) is 7.05 Å². The van der Waals surface area contributed by atoms with Crippen molar-refractivity contribution in [3.8, 4) is 0 Å². The summed E-state index contributed by atoms with van der Waals surface area (Å²) in [5.41, 5.74) is 2.39. The smallest absolute Gasteiger partial charge is 0.223 e. The number of benzene rings is 1. The Hall–Kier alpha value is -1.06. The molecule has 3 rings (SSSR count). The number of piperidine rings is 1. The van der Waals surface area contributed by atoms with Gasteiger partial charge >= 0.3 is 0 Å². The highest BCUT2D eigenvalue weighted by molar-refractivity contribution is 5.85. The second-order valence-corrected chi connectivity index (χ2v) is 8.19. The Morgan fingerprint density at radius 2 is 1.71 bits per heavy atom. The van der Waals surface area contributed by atoms with E-state index >= 15 is 0 Å². The largest absolute Gasteiger partial charge is 0.343 e. The topological polar surface area (TPSA) is 32.3 Å². The van der Waals surface area contributed by atoms with Gasteiger partial charge < -0.3 is 10.2 Å². The number of hydrogen-bond acceptors (Lipinski definition) is 2. The average Bonchev–Trinajstić information content (AvgIpc) is 2.84. The maximum absolute atomic E-state index is 12.8. The molecule has 2 aliphatic rings. The SMILES string of the molecule is Cc1ccc(C(C)(C)CC(=O)N(C)C2CC3CCC(C2)N3)cc1.Cl. The van der Waals surface area contributed by atoms with Crippen LogP contribution in [-0.4, -0.2) is 36.0 Å². The maximum atomic E-state index is 12.8. The Labute approximate surface area is 152 Å². The molecule has 1 amide bonds. The van der Waals surface area contributed by atoms with E-state index in [-0.39, 0.29) is 23.7 Å². The predicted octanol–water partition coefficient (Wildman–Crippen LogP) is 3.83. The molecule has 0 saturated carbocycles. The minimum atomic E-state index is -0.120. The number of nitrogens with one attached hydrogen (secondary N) is 1. The lowest BCUT2D eigenvalue weighted by atomic mass is 9.80. The minimum absolute atomic E-state index is 0. The summed E-state index contributed by atoms with van der Waals surface area (Å²) >= 11 is 0. The van der Waals surface area contributed by atoms with Crippen molar-refractivity contribution >= 4 is 18.3 Å². The number of halogens is 1. The van der Waals surface area contributed by atoms with Gasteiger partial charge in [0.2, 0.25) is 5.91 Å². The van der Waals surface area contributed by atoms with Gasteiger partial charge in [0.1, 0.15) is 0 Å². The fourth-order valence-corrected chi connectivity index (χ4v) is 4.16. The van der Waals surface area contributed by atoms with Crippen molar-refractivity contribution in [1.29, 1.82) is 0 Å². The van der Waals surface area contributed by atoms with Crippen molar-refractivity contribution in [2.24, 2.45) is 0 Å². The van der Waals surface area contributed by atoms with Crippen molar-refractivity contribution in [2.45, 2.75) is 76.4 Å². The molecule has 2 saturated heterocycles. The monoisotopic (exact) mass is 350 g/mol. The summed E-state index contributed by atoms with van der Waals surface area (Å²) in [7, 11) is 2.00. The lowest BCUT2D eigenvalue weighted by Crippen LogP contribution is -2.49. The summed E-state index contributed by atoms with van der Waals surface area (Å²) in [6.07, 6.45) is 5.36. The van der Waals surface area contributed by atoms with Gasteiger partial charge in [-0.3, -0.25) is 4.79 Å². The molecule has 3 nitrogen and oxygen atoms in total. The van der Waals surface area contributed by atoms with Gasteiger partial charge in [0.15, 0.2) is 0 Å². The molecule has 0 aliphatic carbocycles. The molecule has 2 unspecified atom stereocenters. The van der Waals surface area contributed by atoms with Gasteiger partial charge in [-0.25, -0.2) is 0 Å². The van der Waals surface area contributed by atoms with Crippen LogP contribution >= 0.6 is 12.4 Å². The fourth-order valence-electron chi connectivity index (χ4n) is 4.16. The molecule has 1 aromatic carbocycles. The molecule has 0 aromatic heterocycles. The Kier molecular flexibility index (Phi) is 5.98. The first-order valence-corrected chi connectivity index (χ1v) is 8.94. The molecule has 2 atom stereocenters. The molecule has 2 heterocycles. The van der Waals surface area contributed by atoms with Crippen molar-refractivity contribution < 1.29 is 4.79 Å². The number of carbonyl (C=O) groups excluding carboxylic acids is 1. The molecule has 2 aliphatic heterocycles. The zero-order valence-corrected chi connectivity index (χ0v) is 16.2. The summed E-state index contributed by atoms with van der Waals surface area (Å²) in [5.74, 6) is 0.280. The number of hydrogen-bond donors (Lipinski definition) is 1. The molecule has 0 radical (unpaired) electrons. The summed E-state index contributed by atoms with van der Waals surface area (Å²) in [6.45, 7) is 6.45. The van der Waals surface area contributed by atoms with Crippen LogP contribution in [0.1, 0.15) is 57.1 Å². The quantitative estimate of drug-likeness (QED) is 0.895. The number of carbonyl (C=O) groups is 1. The van der Waals surface area contributed by atoms with Gasteiger partial charge in [0.25, 0.3) is 0 Å². The second kappa shape index (κ2) is 7.45. The van der Waals surface area contributed by atoms with Gasteiger partial charge in [-0.15, -0.1) is 12.4 Å². The van der Waals surface area contributed by atoms with Crippen molar-refractivity contribution in [1.82, 2.24) is 10.2 Å². The molecule has 134 valence electrons. The third kappa shape index (κ3) is 4.12. The van der Waals surface area contributed by atoms with Crippen LogP contribution in [0, 0.1) is 6.92 Å². The van der Waals surface area contributed by atoms with E-state index in [1.54, 1.807) is 0 Å². The fraction of sp³-hybridized carbons (Fsp3) is 0.650. The number of nitrogens with zero attached hydrogens (tertiary/aromatic N) is 1. The highest BCUT2D eigenvalue weighted by Gasteiger charge is 2.37. The van der Waals surface area contributed by atoms with Crippen LogP contribution in [0.25, 0.3) is 0 Å². The van der Waals surface area contributed by atoms with E-state index in [4.69, 9.17) is 0 Å². The first-order chi connectivity index (χ1) is 10.8. The first kappa shape index (κ1) is 19.3. The predicted molar refractivity (Wildman–Crippen MR) is 102 cm³/mol. The molecular formula is C20H31ClN2O. The van der Waals surface area contributed by atoms with Gasteiger partial charge in [0, 0.05) is 31.6 Å². The van der Waals surface area contributed by atoms with Crippen LogP contribution in [0.4, 0.5) is 0 Å². The average molecular weight is 351 g/mol. The molecule has 1 N–H and O–H groups in total. The van der Waals surface area contributed by atoms with Gasteiger partial charge in [-0.2, -0.15) is 0 Å². The molecule has 24 heavy (non-hydrogen) atoms. The lowest BCUT2D eigenvalue weighted by molar-refractivity contribution is -0.133. The van der Waals surface area contributed by atoms with E-state index in [0.717, 1.165) is 12.8 Å². The molecule has 2 bridgehead atoms. The van der Waals surface area contributed by atoms with Crippen molar-refractivity contribution in [3.05, 3.63) is 35.4 Å². The van der Waals surface area contributed by atoms with E-state index < -0.39 is 0 Å². The van der Waals surface area contributed by atoms with Crippen LogP contribution in [0.15, 0.2) is 24.3 Å². The first-order valence-electron chi connectivity index (χ1n) is 8.94. The van der Waals surface area contributed by atoms with E-state index in [1.807, 2.05) is 11.9 Å². The zero-order chi connectivity index (χ0) is 16.6. The normalized spacial score (nSPS) is 25.9. The van der Waals surface area contributed by atoms with E-state index in [9.17, 15) is 4.79 Å². The third-order valence-electron chi connectivity index (χ3n) is 5.82. The Morgan fingerprint density at radius 1 is 1.17 bits per heavy atom. The highest BCUT2D eigenvalue weighted by Crippen LogP contribution is 2.32. The van der Waals surface area contributed by atoms with E-state index in [2.05, 4.69) is 50.4 Å². The van der Waals surface area contributed by atoms with Crippen molar-refractivity contribution in [3.63, 3.8) is 0 Å². The number of fused-ring (bicyclic) bond motifs is 2. The Bertz CT molecular complexity index is 558. The summed E-state index contributed by atoms with van der Waals surface area (Å²) in [5, 5.41) is 3.66. The number of aryl methyl sites for hydroxylation is 1. The zero-order valence-electron chi connectivity index (χ0n) is 15.3. The third-order valence-corrected chi connectivity index (χ3v) is 5.82. The summed E-state index contributed by atoms with van der Waals surface area (Å²) in [4.78, 5) is 14.9. The maximum Gasteiger partial charge on any atom is 0.223 e. The molecule has 2 fully saturated rings. The molecule has 1 aromatic rings. The standard InChI is InChI=1S/C20H30N2O.ClH/c1-14-5-7-15(8-6-14)20(2,3)13-19(23)22(4)18-11-16-9-10-17(12-18)21-16;/h5-8,16-18,21H,9-13H2,1-4H3;1H. The summed E-state index contributed by atoms with van der Waals surface area (Å²) < 4.78 is 0. The van der Waals surface area contributed by atoms with Gasteiger partial charge in [-0.05, 0) is 43.6 Å². The van der Waals surface area contributed by atoms with Crippen LogP contribution in [0.2, 0.25) is 0 Å². The molecule has 4 heteroatoms. The molecular weight excluding hydrogens is 320 g/mol. The minimum Gasteiger partial charge on any atom is -0.343 e. The lowest BCUT2D eigenvalue weighted by Gasteiger charge is -2.37. The van der Waals surface area contributed by atoms with Crippen LogP contribution < -0.4 is 5.32 Å². The second-order valence-electron chi connectivity index (χ2n) is 8.19. The number of amides is 1. The number of rotatable bonds is 4. The van der Waals surface area contributed by atoms with Gasteiger partial charge in [0.05, 0.1) is 0 Å². The Morgan fingerprint density at radius 3 is 2.25 bits per heavy atom. The molecule has 0 spiro atoms. The Balaban J connectivity index is 0.00000208. The van der Waals surface area contributed by atoms with E-state index in [0.29, 0.717) is 24.5 Å². The van der Waals surface area contributed by atoms with Crippen LogP contribution in [-0.2, 0) is 10.2 Å². The summed E-state index contributed by atoms with van der Waals surface area (Å²) in [6, 6.07) is 10.3. The van der Waals surface area contributed by atoms with Crippen LogP contribution in [0.3, 0.4) is 0 Å². The van der Waals surface area contributed by atoms with Gasteiger partial charge in [-0.1, -0.05) is 43.7 Å². The van der Waals surface area contributed by atoms with E-state index in [1.165, 1.54) is 24.0 Å². The highest BCUT2D eigenvalue weighted by atomic mass is 35.5.